The summed E-state index contributed by atoms with van der Waals surface area (Å²) < 4.78 is 19.5. The molecule has 2 aromatic heterocycles. The highest BCUT2D eigenvalue weighted by Crippen LogP contribution is 2.34. The number of ether oxygens (including phenoxy) is 3. The van der Waals surface area contributed by atoms with Crippen molar-refractivity contribution in [1.29, 1.82) is 0 Å². The highest BCUT2D eigenvalue weighted by molar-refractivity contribution is 5.86. The van der Waals surface area contributed by atoms with Gasteiger partial charge in [0.25, 0.3) is 0 Å². The van der Waals surface area contributed by atoms with Crippen molar-refractivity contribution in [3.63, 3.8) is 0 Å². The molecule has 0 N–H and O–H groups in total. The standard InChI is InChI=1S/C25H24N2O3.ClH/c1-16-4-6-19(7-5-16)13-27-18(3)17(2)24-25(27)22(10-11-26-24)28-14-20-8-9-21-23(12-20)30-15-29-21;/h4-12H,13-15H2,1-3H3;1H. The fourth-order valence-electron chi connectivity index (χ4n) is 3.90. The van der Waals surface area contributed by atoms with Crippen LogP contribution in [0.2, 0.25) is 0 Å². The minimum Gasteiger partial charge on any atom is -0.487 e. The highest BCUT2D eigenvalue weighted by Gasteiger charge is 2.18. The Morgan fingerprint density at radius 1 is 0.935 bits per heavy atom. The molecule has 1 aliphatic heterocycles. The lowest BCUT2D eigenvalue weighted by Gasteiger charge is -2.13. The van der Waals surface area contributed by atoms with E-state index in [0.29, 0.717) is 6.61 Å². The Kier molecular flexibility index (Phi) is 5.79. The van der Waals surface area contributed by atoms with Crippen molar-refractivity contribution < 1.29 is 14.2 Å². The summed E-state index contributed by atoms with van der Waals surface area (Å²) in [7, 11) is 0. The second-order valence-electron chi connectivity index (χ2n) is 7.76. The lowest BCUT2D eigenvalue weighted by molar-refractivity contribution is 0.174. The van der Waals surface area contributed by atoms with Gasteiger partial charge in [-0.05, 0) is 49.6 Å². The molecule has 0 atom stereocenters. The molecule has 0 bridgehead atoms. The number of nitrogens with zero attached hydrogens (tertiary/aromatic N) is 2. The minimum atomic E-state index is 0. The van der Waals surface area contributed by atoms with Crippen LogP contribution in [-0.4, -0.2) is 16.3 Å². The molecule has 5 nitrogen and oxygen atoms in total. The van der Waals surface area contributed by atoms with Gasteiger partial charge in [0.2, 0.25) is 6.79 Å². The fraction of sp³-hybridized carbons (Fsp3) is 0.240. The van der Waals surface area contributed by atoms with E-state index < -0.39 is 0 Å². The molecular weight excluding hydrogens is 412 g/mol. The summed E-state index contributed by atoms with van der Waals surface area (Å²) in [6, 6.07) is 16.5. The first kappa shape index (κ1) is 21.1. The van der Waals surface area contributed by atoms with Crippen molar-refractivity contribution in [3.05, 3.63) is 82.7 Å². The third-order valence-electron chi connectivity index (χ3n) is 5.75. The molecule has 6 heteroatoms. The summed E-state index contributed by atoms with van der Waals surface area (Å²) in [5.41, 5.74) is 7.97. The molecule has 0 saturated carbocycles. The monoisotopic (exact) mass is 436 g/mol. The molecule has 0 amide bonds. The molecule has 0 fully saturated rings. The largest absolute Gasteiger partial charge is 0.487 e. The number of rotatable bonds is 5. The number of hydrogen-bond donors (Lipinski definition) is 0. The van der Waals surface area contributed by atoms with E-state index >= 15 is 0 Å². The molecule has 0 spiro atoms. The zero-order valence-electron chi connectivity index (χ0n) is 17.8. The smallest absolute Gasteiger partial charge is 0.231 e. The second kappa shape index (κ2) is 8.52. The number of benzene rings is 2. The molecule has 2 aromatic carbocycles. The molecular formula is C25H25ClN2O3. The Morgan fingerprint density at radius 2 is 1.68 bits per heavy atom. The number of pyridine rings is 1. The van der Waals surface area contributed by atoms with Gasteiger partial charge in [-0.2, -0.15) is 0 Å². The van der Waals surface area contributed by atoms with Crippen LogP contribution in [0.25, 0.3) is 11.0 Å². The van der Waals surface area contributed by atoms with Crippen molar-refractivity contribution in [2.24, 2.45) is 0 Å². The van der Waals surface area contributed by atoms with Crippen molar-refractivity contribution in [2.45, 2.75) is 33.9 Å². The number of aromatic nitrogens is 2. The molecule has 1 aliphatic rings. The summed E-state index contributed by atoms with van der Waals surface area (Å²) in [5, 5.41) is 0. The van der Waals surface area contributed by atoms with Gasteiger partial charge in [-0.3, -0.25) is 4.98 Å². The first-order valence-corrected chi connectivity index (χ1v) is 10.1. The lowest BCUT2D eigenvalue weighted by atomic mass is 10.1. The van der Waals surface area contributed by atoms with Crippen LogP contribution in [0, 0.1) is 20.8 Å². The molecule has 4 aromatic rings. The van der Waals surface area contributed by atoms with Crippen LogP contribution in [0.3, 0.4) is 0 Å². The molecule has 31 heavy (non-hydrogen) atoms. The Bertz CT molecular complexity index is 1230. The second-order valence-corrected chi connectivity index (χ2v) is 7.76. The van der Waals surface area contributed by atoms with Crippen LogP contribution in [0.4, 0.5) is 0 Å². The average molecular weight is 437 g/mol. The SMILES string of the molecule is Cc1ccc(Cn2c(C)c(C)c3nccc(OCc4ccc5c(c4)OCO5)c32)cc1.Cl. The van der Waals surface area contributed by atoms with Gasteiger partial charge >= 0.3 is 0 Å². The van der Waals surface area contributed by atoms with Crippen molar-refractivity contribution in [3.8, 4) is 17.2 Å². The highest BCUT2D eigenvalue weighted by atomic mass is 35.5. The molecule has 0 saturated heterocycles. The number of halogens is 1. The average Bonchev–Trinajstić information content (AvgIpc) is 3.32. The maximum Gasteiger partial charge on any atom is 0.231 e. The van der Waals surface area contributed by atoms with Crippen LogP contribution in [0.5, 0.6) is 17.2 Å². The van der Waals surface area contributed by atoms with Gasteiger partial charge in [0.05, 0.1) is 5.52 Å². The predicted molar refractivity (Wildman–Crippen MR) is 124 cm³/mol. The predicted octanol–water partition coefficient (Wildman–Crippen LogP) is 5.74. The van der Waals surface area contributed by atoms with E-state index in [1.807, 2.05) is 30.5 Å². The maximum absolute atomic E-state index is 6.27. The van der Waals surface area contributed by atoms with Gasteiger partial charge in [0.15, 0.2) is 11.5 Å². The van der Waals surface area contributed by atoms with Gasteiger partial charge < -0.3 is 18.8 Å². The van der Waals surface area contributed by atoms with Crippen molar-refractivity contribution >= 4 is 23.4 Å². The zero-order valence-corrected chi connectivity index (χ0v) is 18.7. The summed E-state index contributed by atoms with van der Waals surface area (Å²) in [4.78, 5) is 4.64. The van der Waals surface area contributed by atoms with E-state index in [1.54, 1.807) is 0 Å². The van der Waals surface area contributed by atoms with Gasteiger partial charge in [-0.25, -0.2) is 0 Å². The third kappa shape index (κ3) is 3.93. The van der Waals surface area contributed by atoms with E-state index in [0.717, 1.165) is 40.4 Å². The van der Waals surface area contributed by atoms with Gasteiger partial charge in [0, 0.05) is 24.5 Å². The van der Waals surface area contributed by atoms with Crippen molar-refractivity contribution in [2.75, 3.05) is 6.79 Å². The molecule has 0 radical (unpaired) electrons. The van der Waals surface area contributed by atoms with Gasteiger partial charge in [-0.15, -0.1) is 12.4 Å². The first-order chi connectivity index (χ1) is 14.6. The van der Waals surface area contributed by atoms with Crippen LogP contribution in [0.1, 0.15) is 27.9 Å². The summed E-state index contributed by atoms with van der Waals surface area (Å²) in [6.45, 7) is 7.88. The van der Waals surface area contributed by atoms with Crippen LogP contribution < -0.4 is 14.2 Å². The van der Waals surface area contributed by atoms with E-state index in [9.17, 15) is 0 Å². The minimum absolute atomic E-state index is 0. The third-order valence-corrected chi connectivity index (χ3v) is 5.75. The molecule has 5 rings (SSSR count). The molecule has 0 aliphatic carbocycles. The van der Waals surface area contributed by atoms with E-state index in [1.165, 1.54) is 22.4 Å². The first-order valence-electron chi connectivity index (χ1n) is 10.1. The lowest BCUT2D eigenvalue weighted by Crippen LogP contribution is -2.04. The van der Waals surface area contributed by atoms with Gasteiger partial charge in [0.1, 0.15) is 17.9 Å². The Balaban J connectivity index is 0.00000231. The number of aryl methyl sites for hydroxylation is 2. The summed E-state index contributed by atoms with van der Waals surface area (Å²) in [6.07, 6.45) is 1.82. The fourth-order valence-corrected chi connectivity index (χ4v) is 3.90. The quantitative estimate of drug-likeness (QED) is 0.400. The Hall–Kier alpha value is -3.18. The Labute approximate surface area is 188 Å². The van der Waals surface area contributed by atoms with E-state index in [4.69, 9.17) is 14.2 Å². The Morgan fingerprint density at radius 3 is 2.48 bits per heavy atom. The van der Waals surface area contributed by atoms with Crippen LogP contribution in [-0.2, 0) is 13.2 Å². The summed E-state index contributed by atoms with van der Waals surface area (Å²) >= 11 is 0. The normalized spacial score (nSPS) is 12.1. The van der Waals surface area contributed by atoms with Crippen molar-refractivity contribution in [1.82, 2.24) is 9.55 Å². The number of fused-ring (bicyclic) bond motifs is 2. The molecule has 3 heterocycles. The van der Waals surface area contributed by atoms with E-state index in [-0.39, 0.29) is 19.2 Å². The molecule has 0 unspecified atom stereocenters. The topological polar surface area (TPSA) is 45.5 Å². The maximum atomic E-state index is 6.27. The van der Waals surface area contributed by atoms with Crippen LogP contribution >= 0.6 is 12.4 Å². The molecule has 160 valence electrons. The van der Waals surface area contributed by atoms with E-state index in [2.05, 4.69) is 54.6 Å². The van der Waals surface area contributed by atoms with Crippen LogP contribution in [0.15, 0.2) is 54.7 Å². The zero-order chi connectivity index (χ0) is 20.7. The summed E-state index contributed by atoms with van der Waals surface area (Å²) in [5.74, 6) is 2.38. The number of hydrogen-bond acceptors (Lipinski definition) is 4. The van der Waals surface area contributed by atoms with Gasteiger partial charge in [-0.1, -0.05) is 35.9 Å².